The van der Waals surface area contributed by atoms with Gasteiger partial charge in [0.15, 0.2) is 5.75 Å². The number of nitrogens with one attached hydrogen (secondary N) is 1. The number of hydrogen-bond donors (Lipinski definition) is 2. The molecule has 0 aliphatic rings. The Balaban J connectivity index is 2.39. The minimum absolute atomic E-state index is 0.0382. The Morgan fingerprint density at radius 3 is 2.55 bits per heavy atom. The van der Waals surface area contributed by atoms with Crippen LogP contribution in [0.5, 0.6) is 5.75 Å². The molecule has 22 heavy (non-hydrogen) atoms. The van der Waals surface area contributed by atoms with Gasteiger partial charge in [-0.2, -0.15) is 0 Å². The van der Waals surface area contributed by atoms with E-state index in [-0.39, 0.29) is 27.9 Å². The van der Waals surface area contributed by atoms with Crippen molar-refractivity contribution in [2.45, 2.75) is 0 Å². The monoisotopic (exact) mass is 431 g/mol. The Kier molecular flexibility index (Phi) is 5.25. The zero-order chi connectivity index (χ0) is 16.3. The largest absolute Gasteiger partial charge is 0.493 e. The Morgan fingerprint density at radius 1 is 1.23 bits per heavy atom. The van der Waals surface area contributed by atoms with Crippen molar-refractivity contribution in [2.24, 2.45) is 0 Å². The Hall–Kier alpha value is -1.80. The second-order valence-corrected chi connectivity index (χ2v) is 5.96. The van der Waals surface area contributed by atoms with E-state index in [1.807, 2.05) is 6.07 Å². The number of anilines is 1. The van der Waals surface area contributed by atoms with Crippen LogP contribution >= 0.6 is 34.2 Å². The van der Waals surface area contributed by atoms with Crippen LogP contribution in [-0.4, -0.2) is 24.1 Å². The number of benzene rings is 2. The van der Waals surface area contributed by atoms with Gasteiger partial charge in [-0.05, 0) is 52.9 Å². The van der Waals surface area contributed by atoms with Gasteiger partial charge in [-0.15, -0.1) is 0 Å². The van der Waals surface area contributed by atoms with E-state index in [1.54, 1.807) is 18.2 Å². The third kappa shape index (κ3) is 3.69. The lowest BCUT2D eigenvalue weighted by atomic mass is 10.1. The van der Waals surface area contributed by atoms with Crippen LogP contribution in [0.25, 0.3) is 0 Å². The van der Waals surface area contributed by atoms with Gasteiger partial charge in [-0.1, -0.05) is 17.7 Å². The van der Waals surface area contributed by atoms with Crippen molar-refractivity contribution in [1.29, 1.82) is 0 Å². The van der Waals surface area contributed by atoms with Gasteiger partial charge in [0.1, 0.15) is 0 Å². The summed E-state index contributed by atoms with van der Waals surface area (Å²) in [5, 5.41) is 11.8. The van der Waals surface area contributed by atoms with Crippen LogP contribution in [0.15, 0.2) is 36.4 Å². The topological polar surface area (TPSA) is 75.6 Å². The summed E-state index contributed by atoms with van der Waals surface area (Å²) in [6.07, 6.45) is 0. The number of carboxylic acids is 1. The van der Waals surface area contributed by atoms with Crippen LogP contribution in [0.2, 0.25) is 5.02 Å². The first-order valence-corrected chi connectivity index (χ1v) is 7.55. The number of amides is 1. The van der Waals surface area contributed by atoms with E-state index in [2.05, 4.69) is 27.9 Å². The molecule has 0 fully saturated rings. The molecule has 0 saturated heterocycles. The Labute approximate surface area is 145 Å². The number of carbonyl (C=O) groups excluding carboxylic acids is 1. The van der Waals surface area contributed by atoms with Gasteiger partial charge < -0.3 is 15.2 Å². The summed E-state index contributed by atoms with van der Waals surface area (Å²) in [4.78, 5) is 23.4. The lowest BCUT2D eigenvalue weighted by Gasteiger charge is -2.13. The van der Waals surface area contributed by atoms with Crippen molar-refractivity contribution in [1.82, 2.24) is 0 Å². The number of aromatic carboxylic acids is 1. The number of rotatable bonds is 4. The summed E-state index contributed by atoms with van der Waals surface area (Å²) in [6, 6.07) is 9.56. The van der Waals surface area contributed by atoms with Gasteiger partial charge >= 0.3 is 5.97 Å². The highest BCUT2D eigenvalue weighted by molar-refractivity contribution is 14.1. The third-order valence-electron chi connectivity index (χ3n) is 2.83. The lowest BCUT2D eigenvalue weighted by Crippen LogP contribution is -2.13. The summed E-state index contributed by atoms with van der Waals surface area (Å²) < 4.78 is 6.04. The SMILES string of the molecule is COc1c(Cl)cc(C(=O)O)cc1NC(=O)c1cccc(I)c1. The molecule has 0 spiro atoms. The molecule has 0 aliphatic carbocycles. The molecule has 7 heteroatoms. The summed E-state index contributed by atoms with van der Waals surface area (Å²) in [7, 11) is 1.39. The standard InChI is InChI=1S/C15H11ClINO4/c1-22-13-11(16)6-9(15(20)21)7-12(13)18-14(19)8-3-2-4-10(17)5-8/h2-7H,1H3,(H,18,19)(H,20,21). The number of ether oxygens (including phenoxy) is 1. The fraction of sp³-hybridized carbons (Fsp3) is 0.0667. The quantitative estimate of drug-likeness (QED) is 0.720. The Bertz CT molecular complexity index is 748. The van der Waals surface area contributed by atoms with Crippen molar-refractivity contribution >= 4 is 51.8 Å². The number of hydrogen-bond acceptors (Lipinski definition) is 3. The highest BCUT2D eigenvalue weighted by Crippen LogP contribution is 2.34. The van der Waals surface area contributed by atoms with E-state index in [9.17, 15) is 9.59 Å². The zero-order valence-electron chi connectivity index (χ0n) is 11.4. The van der Waals surface area contributed by atoms with Crippen LogP contribution in [0.3, 0.4) is 0 Å². The van der Waals surface area contributed by atoms with E-state index in [1.165, 1.54) is 19.2 Å². The summed E-state index contributed by atoms with van der Waals surface area (Å²) in [6.45, 7) is 0. The van der Waals surface area contributed by atoms with Crippen LogP contribution in [0, 0.1) is 3.57 Å². The molecule has 2 N–H and O–H groups in total. The highest BCUT2D eigenvalue weighted by atomic mass is 127. The second-order valence-electron chi connectivity index (χ2n) is 4.31. The molecule has 0 saturated carbocycles. The highest BCUT2D eigenvalue weighted by Gasteiger charge is 2.16. The van der Waals surface area contributed by atoms with Crippen molar-refractivity contribution < 1.29 is 19.4 Å². The van der Waals surface area contributed by atoms with Gasteiger partial charge in [0.25, 0.3) is 5.91 Å². The third-order valence-corrected chi connectivity index (χ3v) is 3.78. The number of carboxylic acid groups (broad SMARTS) is 1. The Morgan fingerprint density at radius 2 is 1.95 bits per heavy atom. The molecular weight excluding hydrogens is 421 g/mol. The molecule has 5 nitrogen and oxygen atoms in total. The fourth-order valence-corrected chi connectivity index (χ4v) is 2.68. The molecule has 0 atom stereocenters. The molecule has 0 unspecified atom stereocenters. The summed E-state index contributed by atoms with van der Waals surface area (Å²) in [5.74, 6) is -1.31. The van der Waals surface area contributed by atoms with E-state index in [0.29, 0.717) is 5.56 Å². The summed E-state index contributed by atoms with van der Waals surface area (Å²) >= 11 is 8.09. The average Bonchev–Trinajstić information content (AvgIpc) is 2.46. The van der Waals surface area contributed by atoms with Gasteiger partial charge in [-0.25, -0.2) is 4.79 Å². The molecule has 0 aromatic heterocycles. The lowest BCUT2D eigenvalue weighted by molar-refractivity contribution is 0.0696. The first kappa shape index (κ1) is 16.6. The predicted octanol–water partition coefficient (Wildman–Crippen LogP) is 3.90. The van der Waals surface area contributed by atoms with Crippen molar-refractivity contribution in [2.75, 3.05) is 12.4 Å². The molecule has 0 radical (unpaired) electrons. The number of carbonyl (C=O) groups is 2. The predicted molar refractivity (Wildman–Crippen MR) is 92.1 cm³/mol. The van der Waals surface area contributed by atoms with Crippen molar-refractivity contribution in [3.63, 3.8) is 0 Å². The molecule has 2 aromatic rings. The van der Waals surface area contributed by atoms with Crippen molar-refractivity contribution in [3.05, 3.63) is 56.1 Å². The molecule has 0 aliphatic heterocycles. The fourth-order valence-electron chi connectivity index (χ4n) is 1.84. The number of methoxy groups -OCH3 is 1. The van der Waals surface area contributed by atoms with Gasteiger partial charge in [0, 0.05) is 9.13 Å². The van der Waals surface area contributed by atoms with E-state index in [0.717, 1.165) is 3.57 Å². The average molecular weight is 432 g/mol. The first-order chi connectivity index (χ1) is 10.4. The van der Waals surface area contributed by atoms with Gasteiger partial charge in [-0.3, -0.25) is 4.79 Å². The van der Waals surface area contributed by atoms with E-state index >= 15 is 0 Å². The molecule has 2 rings (SSSR count). The first-order valence-electron chi connectivity index (χ1n) is 6.10. The van der Waals surface area contributed by atoms with Crippen LogP contribution < -0.4 is 10.1 Å². The maximum atomic E-state index is 12.3. The van der Waals surface area contributed by atoms with Crippen molar-refractivity contribution in [3.8, 4) is 5.75 Å². The molecule has 2 aromatic carbocycles. The smallest absolute Gasteiger partial charge is 0.335 e. The van der Waals surface area contributed by atoms with Crippen LogP contribution in [0.1, 0.15) is 20.7 Å². The summed E-state index contributed by atoms with van der Waals surface area (Å²) in [5.41, 5.74) is 0.616. The second kappa shape index (κ2) is 6.97. The maximum absolute atomic E-state index is 12.3. The zero-order valence-corrected chi connectivity index (χ0v) is 14.3. The molecule has 0 bridgehead atoms. The van der Waals surface area contributed by atoms with Crippen LogP contribution in [-0.2, 0) is 0 Å². The van der Waals surface area contributed by atoms with E-state index < -0.39 is 5.97 Å². The molecular formula is C15H11ClINO4. The molecule has 0 heterocycles. The van der Waals surface area contributed by atoms with Gasteiger partial charge in [0.2, 0.25) is 0 Å². The maximum Gasteiger partial charge on any atom is 0.335 e. The van der Waals surface area contributed by atoms with Crippen LogP contribution in [0.4, 0.5) is 5.69 Å². The molecule has 1 amide bonds. The van der Waals surface area contributed by atoms with Gasteiger partial charge in [0.05, 0.1) is 23.4 Å². The normalized spacial score (nSPS) is 10.1. The van der Waals surface area contributed by atoms with E-state index in [4.69, 9.17) is 21.4 Å². The minimum atomic E-state index is -1.14. The minimum Gasteiger partial charge on any atom is -0.493 e. The number of halogens is 2. The molecule has 114 valence electrons.